The van der Waals surface area contributed by atoms with Crippen molar-refractivity contribution in [3.8, 4) is 0 Å². The molecule has 5 heteroatoms. The number of rotatable bonds is 5. The van der Waals surface area contributed by atoms with E-state index < -0.39 is 0 Å². The molecule has 0 fully saturated rings. The molecule has 2 heterocycles. The van der Waals surface area contributed by atoms with Gasteiger partial charge in [-0.15, -0.1) is 23.1 Å². The third-order valence-electron chi connectivity index (χ3n) is 3.89. The van der Waals surface area contributed by atoms with Crippen molar-refractivity contribution < 1.29 is 9.59 Å². The fourth-order valence-electron chi connectivity index (χ4n) is 2.69. The first-order valence-corrected chi connectivity index (χ1v) is 9.54. The van der Waals surface area contributed by atoms with E-state index in [0.717, 1.165) is 21.9 Å². The van der Waals surface area contributed by atoms with Gasteiger partial charge in [-0.3, -0.25) is 9.59 Å². The van der Waals surface area contributed by atoms with Crippen LogP contribution in [0.3, 0.4) is 0 Å². The molecule has 0 saturated carbocycles. The van der Waals surface area contributed by atoms with E-state index in [1.54, 1.807) is 0 Å². The molecule has 3 nitrogen and oxygen atoms in total. The Morgan fingerprint density at radius 2 is 2.00 bits per heavy atom. The van der Waals surface area contributed by atoms with Gasteiger partial charge in [-0.2, -0.15) is 0 Å². The minimum absolute atomic E-state index is 0.0432. The Kier molecular flexibility index (Phi) is 5.18. The van der Waals surface area contributed by atoms with Crippen LogP contribution in [0.1, 0.15) is 45.4 Å². The normalized spacial score (nSPS) is 16.7. The van der Waals surface area contributed by atoms with Gasteiger partial charge in [0.25, 0.3) is 0 Å². The van der Waals surface area contributed by atoms with E-state index in [1.807, 2.05) is 43.0 Å². The molecular weight excluding hydrogens is 326 g/mol. The fourth-order valence-corrected chi connectivity index (χ4v) is 4.65. The largest absolute Gasteiger partial charge is 0.349 e. The van der Waals surface area contributed by atoms with E-state index >= 15 is 0 Å². The van der Waals surface area contributed by atoms with Crippen LogP contribution in [-0.4, -0.2) is 17.4 Å². The van der Waals surface area contributed by atoms with Gasteiger partial charge in [0.2, 0.25) is 5.91 Å². The lowest BCUT2D eigenvalue weighted by Gasteiger charge is -2.25. The topological polar surface area (TPSA) is 46.2 Å². The zero-order valence-corrected chi connectivity index (χ0v) is 14.6. The predicted octanol–water partition coefficient (Wildman–Crippen LogP) is 4.37. The van der Waals surface area contributed by atoms with Gasteiger partial charge in [-0.1, -0.05) is 18.2 Å². The Bertz CT molecular complexity index is 723. The molecule has 1 N–H and O–H groups in total. The number of aryl methyl sites for hydroxylation is 1. The molecule has 120 valence electrons. The smallest absolute Gasteiger partial charge is 0.220 e. The van der Waals surface area contributed by atoms with Crippen LogP contribution in [-0.2, 0) is 4.79 Å². The molecule has 1 atom stereocenters. The van der Waals surface area contributed by atoms with Crippen molar-refractivity contribution in [3.05, 3.63) is 51.7 Å². The average molecular weight is 345 g/mol. The zero-order valence-electron chi connectivity index (χ0n) is 13.0. The number of hydrogen-bond acceptors (Lipinski definition) is 4. The number of ketones is 1. The second-order valence-electron chi connectivity index (χ2n) is 5.63. The van der Waals surface area contributed by atoms with Gasteiger partial charge in [0.15, 0.2) is 5.78 Å². The molecule has 1 aromatic heterocycles. The van der Waals surface area contributed by atoms with Crippen molar-refractivity contribution in [2.24, 2.45) is 0 Å². The van der Waals surface area contributed by atoms with Gasteiger partial charge in [-0.25, -0.2) is 0 Å². The third-order valence-corrected chi connectivity index (χ3v) is 6.05. The highest BCUT2D eigenvalue weighted by Crippen LogP contribution is 2.35. The van der Waals surface area contributed by atoms with E-state index in [4.69, 9.17) is 0 Å². The molecule has 1 aliphatic heterocycles. The molecular formula is C18H19NO2S2. The number of carbonyl (C=O) groups is 2. The maximum atomic E-state index is 12.2. The van der Waals surface area contributed by atoms with E-state index in [-0.39, 0.29) is 30.6 Å². The van der Waals surface area contributed by atoms with Crippen molar-refractivity contribution in [1.82, 2.24) is 5.32 Å². The number of thiophene rings is 1. The van der Waals surface area contributed by atoms with Crippen molar-refractivity contribution >= 4 is 34.8 Å². The molecule has 3 rings (SSSR count). The Balaban J connectivity index is 1.55. The first kappa shape index (κ1) is 16.3. The number of hydrogen-bond donors (Lipinski definition) is 1. The molecule has 0 unspecified atom stereocenters. The number of carbonyl (C=O) groups excluding carboxylic acids is 2. The van der Waals surface area contributed by atoms with Crippen molar-refractivity contribution in [3.63, 3.8) is 0 Å². The molecule has 0 saturated heterocycles. The van der Waals surface area contributed by atoms with Crippen LogP contribution in [0, 0.1) is 6.92 Å². The quantitative estimate of drug-likeness (QED) is 0.818. The van der Waals surface area contributed by atoms with Gasteiger partial charge in [0, 0.05) is 28.4 Å². The highest BCUT2D eigenvalue weighted by atomic mass is 32.2. The monoisotopic (exact) mass is 345 g/mol. The lowest BCUT2D eigenvalue weighted by atomic mass is 10.0. The van der Waals surface area contributed by atoms with E-state index in [0.29, 0.717) is 0 Å². The molecule has 2 aromatic rings. The summed E-state index contributed by atoms with van der Waals surface area (Å²) < 4.78 is 0. The summed E-state index contributed by atoms with van der Waals surface area (Å²) in [7, 11) is 0. The Morgan fingerprint density at radius 1 is 1.17 bits per heavy atom. The van der Waals surface area contributed by atoms with Crippen LogP contribution in [0.5, 0.6) is 0 Å². The summed E-state index contributed by atoms with van der Waals surface area (Å²) in [6.45, 7) is 1.98. The SMILES string of the molecule is Cc1ccc(C(=O)CCC(=O)N[C@H]2CCSc3ccccc32)s1. The van der Waals surface area contributed by atoms with E-state index in [2.05, 4.69) is 17.4 Å². The summed E-state index contributed by atoms with van der Waals surface area (Å²) in [6, 6.07) is 12.1. The summed E-state index contributed by atoms with van der Waals surface area (Å²) in [5.74, 6) is 1.02. The van der Waals surface area contributed by atoms with Gasteiger partial charge < -0.3 is 5.32 Å². The average Bonchev–Trinajstić information content (AvgIpc) is 2.99. The maximum Gasteiger partial charge on any atom is 0.220 e. The van der Waals surface area contributed by atoms with Crippen LogP contribution in [0.2, 0.25) is 0 Å². The Hall–Kier alpha value is -1.59. The molecule has 0 aliphatic carbocycles. The second-order valence-corrected chi connectivity index (χ2v) is 8.05. The summed E-state index contributed by atoms with van der Waals surface area (Å²) in [4.78, 5) is 27.4. The van der Waals surface area contributed by atoms with E-state index in [1.165, 1.54) is 21.8 Å². The minimum atomic E-state index is -0.0432. The van der Waals surface area contributed by atoms with Gasteiger partial charge >= 0.3 is 0 Å². The molecule has 0 radical (unpaired) electrons. The molecule has 1 aromatic carbocycles. The van der Waals surface area contributed by atoms with Gasteiger partial charge in [0.05, 0.1) is 10.9 Å². The van der Waals surface area contributed by atoms with Crippen LogP contribution in [0.4, 0.5) is 0 Å². The van der Waals surface area contributed by atoms with E-state index in [9.17, 15) is 9.59 Å². The molecule has 0 bridgehead atoms. The van der Waals surface area contributed by atoms with Crippen molar-refractivity contribution in [1.29, 1.82) is 0 Å². The standard InChI is InChI=1S/C18H19NO2S2/c1-12-6-8-17(23-12)15(20)7-9-18(21)19-14-10-11-22-16-5-3-2-4-13(14)16/h2-6,8,14H,7,9-11H2,1H3,(H,19,21)/t14-/m0/s1. The number of Topliss-reactive ketones (excluding diaryl/α,β-unsaturated/α-hetero) is 1. The zero-order chi connectivity index (χ0) is 16.2. The molecule has 0 spiro atoms. The summed E-state index contributed by atoms with van der Waals surface area (Å²) in [5.41, 5.74) is 1.19. The predicted molar refractivity (Wildman–Crippen MR) is 95.3 cm³/mol. The molecule has 1 amide bonds. The lowest BCUT2D eigenvalue weighted by molar-refractivity contribution is -0.121. The summed E-state index contributed by atoms with van der Waals surface area (Å²) in [5, 5.41) is 3.09. The van der Waals surface area contributed by atoms with Crippen molar-refractivity contribution in [2.45, 2.75) is 37.1 Å². The van der Waals surface area contributed by atoms with Crippen LogP contribution in [0.25, 0.3) is 0 Å². The van der Waals surface area contributed by atoms with Gasteiger partial charge in [-0.05, 0) is 37.1 Å². The Labute approximate surface area is 144 Å². The number of amides is 1. The highest BCUT2D eigenvalue weighted by Gasteiger charge is 2.22. The number of benzene rings is 1. The summed E-state index contributed by atoms with van der Waals surface area (Å²) in [6.07, 6.45) is 1.46. The Morgan fingerprint density at radius 3 is 2.78 bits per heavy atom. The maximum absolute atomic E-state index is 12.2. The van der Waals surface area contributed by atoms with Crippen LogP contribution in [0.15, 0.2) is 41.3 Å². The van der Waals surface area contributed by atoms with Gasteiger partial charge in [0.1, 0.15) is 0 Å². The number of nitrogens with one attached hydrogen (secondary N) is 1. The second kappa shape index (κ2) is 7.32. The lowest BCUT2D eigenvalue weighted by Crippen LogP contribution is -2.30. The first-order valence-electron chi connectivity index (χ1n) is 7.74. The molecule has 1 aliphatic rings. The third kappa shape index (κ3) is 4.03. The summed E-state index contributed by atoms with van der Waals surface area (Å²) >= 11 is 3.32. The highest BCUT2D eigenvalue weighted by molar-refractivity contribution is 7.99. The number of thioether (sulfide) groups is 1. The van der Waals surface area contributed by atoms with Crippen LogP contribution < -0.4 is 5.32 Å². The number of fused-ring (bicyclic) bond motifs is 1. The first-order chi connectivity index (χ1) is 11.1. The fraction of sp³-hybridized carbons (Fsp3) is 0.333. The van der Waals surface area contributed by atoms with Crippen LogP contribution >= 0.6 is 23.1 Å². The minimum Gasteiger partial charge on any atom is -0.349 e. The van der Waals surface area contributed by atoms with Crippen molar-refractivity contribution in [2.75, 3.05) is 5.75 Å². The molecule has 23 heavy (non-hydrogen) atoms.